The molecular weight excluding hydrogens is 180 g/mol. The maximum Gasteiger partial charge on any atom is 0.303 e. The van der Waals surface area contributed by atoms with Gasteiger partial charge >= 0.3 is 5.97 Å². The maximum atomic E-state index is 11.7. The molecule has 0 aromatic heterocycles. The lowest BCUT2D eigenvalue weighted by Gasteiger charge is -2.06. The predicted octanol–water partition coefficient (Wildman–Crippen LogP) is 1.36. The second-order valence-electron chi connectivity index (χ2n) is 3.32. The summed E-state index contributed by atoms with van der Waals surface area (Å²) in [6.07, 6.45) is -0.0981. The van der Waals surface area contributed by atoms with Crippen molar-refractivity contribution < 1.29 is 14.3 Å². The zero-order valence-electron chi connectivity index (χ0n) is 7.82. The molecule has 1 aromatic carbocycles. The van der Waals surface area contributed by atoms with Gasteiger partial charge in [-0.25, -0.2) is 0 Å². The molecule has 1 aliphatic carbocycles. The van der Waals surface area contributed by atoms with Crippen LogP contribution in [-0.4, -0.2) is 17.9 Å². The van der Waals surface area contributed by atoms with E-state index in [1.807, 2.05) is 18.2 Å². The SMILES string of the molecule is CC(=O)O[C@@H]1Cc2ccccc2C1=O. The van der Waals surface area contributed by atoms with E-state index in [-0.39, 0.29) is 5.78 Å². The number of fused-ring (bicyclic) bond motifs is 1. The third kappa shape index (κ3) is 1.41. The van der Waals surface area contributed by atoms with Crippen LogP contribution < -0.4 is 0 Å². The molecule has 0 unspecified atom stereocenters. The van der Waals surface area contributed by atoms with Crippen LogP contribution in [0.3, 0.4) is 0 Å². The van der Waals surface area contributed by atoms with Crippen molar-refractivity contribution in [2.75, 3.05) is 0 Å². The zero-order valence-corrected chi connectivity index (χ0v) is 7.82. The molecule has 0 heterocycles. The molecule has 14 heavy (non-hydrogen) atoms. The van der Waals surface area contributed by atoms with Gasteiger partial charge in [-0.15, -0.1) is 0 Å². The Bertz CT molecular complexity index is 395. The summed E-state index contributed by atoms with van der Waals surface area (Å²) in [5.41, 5.74) is 1.64. The Morgan fingerprint density at radius 1 is 1.43 bits per heavy atom. The first-order valence-corrected chi connectivity index (χ1v) is 4.48. The number of rotatable bonds is 1. The Labute approximate surface area is 81.7 Å². The molecule has 0 bridgehead atoms. The summed E-state index contributed by atoms with van der Waals surface area (Å²) in [6.45, 7) is 1.32. The van der Waals surface area contributed by atoms with Crippen LogP contribution in [0.15, 0.2) is 24.3 Å². The first-order valence-electron chi connectivity index (χ1n) is 4.48. The molecule has 0 saturated carbocycles. The van der Waals surface area contributed by atoms with Gasteiger partial charge in [0.25, 0.3) is 0 Å². The molecule has 0 spiro atoms. The van der Waals surface area contributed by atoms with Crippen LogP contribution in [0.5, 0.6) is 0 Å². The fourth-order valence-corrected chi connectivity index (χ4v) is 1.70. The number of ketones is 1. The first kappa shape index (κ1) is 8.94. The van der Waals surface area contributed by atoms with E-state index in [9.17, 15) is 9.59 Å². The van der Waals surface area contributed by atoms with Crippen LogP contribution in [0.1, 0.15) is 22.8 Å². The molecule has 0 radical (unpaired) electrons. The molecule has 72 valence electrons. The van der Waals surface area contributed by atoms with E-state index in [1.54, 1.807) is 6.07 Å². The smallest absolute Gasteiger partial charge is 0.303 e. The Kier molecular flexibility index (Phi) is 2.08. The van der Waals surface area contributed by atoms with E-state index < -0.39 is 12.1 Å². The van der Waals surface area contributed by atoms with Gasteiger partial charge in [0.2, 0.25) is 5.78 Å². The number of carbonyl (C=O) groups is 2. The van der Waals surface area contributed by atoms with E-state index >= 15 is 0 Å². The summed E-state index contributed by atoms with van der Waals surface area (Å²) < 4.78 is 4.92. The number of esters is 1. The van der Waals surface area contributed by atoms with Crippen molar-refractivity contribution in [2.45, 2.75) is 19.4 Å². The van der Waals surface area contributed by atoms with E-state index in [4.69, 9.17) is 4.74 Å². The predicted molar refractivity (Wildman–Crippen MR) is 50.0 cm³/mol. The van der Waals surface area contributed by atoms with Crippen molar-refractivity contribution in [1.29, 1.82) is 0 Å². The third-order valence-corrected chi connectivity index (χ3v) is 2.29. The number of carbonyl (C=O) groups excluding carboxylic acids is 2. The molecule has 1 aromatic rings. The first-order chi connectivity index (χ1) is 6.68. The Hall–Kier alpha value is -1.64. The summed E-state index contributed by atoms with van der Waals surface area (Å²) in [5, 5.41) is 0. The minimum atomic E-state index is -0.607. The van der Waals surface area contributed by atoms with E-state index in [0.29, 0.717) is 12.0 Å². The lowest BCUT2D eigenvalue weighted by atomic mass is 10.1. The summed E-state index contributed by atoms with van der Waals surface area (Å²) in [5.74, 6) is -0.494. The molecular formula is C11H10O3. The van der Waals surface area contributed by atoms with Crippen LogP contribution in [-0.2, 0) is 16.0 Å². The van der Waals surface area contributed by atoms with Gasteiger partial charge in [0.1, 0.15) is 0 Å². The summed E-state index contributed by atoms with van der Waals surface area (Å²) in [6, 6.07) is 7.34. The standard InChI is InChI=1S/C11H10O3/c1-7(12)14-10-6-8-4-2-3-5-9(8)11(10)13/h2-5,10H,6H2,1H3/t10-/m1/s1. The summed E-state index contributed by atoms with van der Waals surface area (Å²) in [4.78, 5) is 22.4. The molecule has 0 N–H and O–H groups in total. The van der Waals surface area contributed by atoms with Crippen molar-refractivity contribution in [3.8, 4) is 0 Å². The highest BCUT2D eigenvalue weighted by atomic mass is 16.5. The largest absolute Gasteiger partial charge is 0.454 e. The minimum absolute atomic E-state index is 0.0872. The Morgan fingerprint density at radius 2 is 2.14 bits per heavy atom. The number of Topliss-reactive ketones (excluding diaryl/α,β-unsaturated/α-hetero) is 1. The van der Waals surface area contributed by atoms with Gasteiger partial charge in [0, 0.05) is 18.9 Å². The van der Waals surface area contributed by atoms with E-state index in [2.05, 4.69) is 0 Å². The highest BCUT2D eigenvalue weighted by molar-refractivity contribution is 6.04. The van der Waals surface area contributed by atoms with Crippen LogP contribution in [0.25, 0.3) is 0 Å². The molecule has 1 aliphatic rings. The van der Waals surface area contributed by atoms with Gasteiger partial charge in [-0.05, 0) is 5.56 Å². The van der Waals surface area contributed by atoms with Crippen molar-refractivity contribution >= 4 is 11.8 Å². The second-order valence-corrected chi connectivity index (χ2v) is 3.32. The van der Waals surface area contributed by atoms with E-state index in [1.165, 1.54) is 6.92 Å². The lowest BCUT2D eigenvalue weighted by Crippen LogP contribution is -2.22. The van der Waals surface area contributed by atoms with Gasteiger partial charge in [0.15, 0.2) is 6.10 Å². The van der Waals surface area contributed by atoms with Crippen molar-refractivity contribution in [3.05, 3.63) is 35.4 Å². The quantitative estimate of drug-likeness (QED) is 0.628. The number of ether oxygens (including phenoxy) is 1. The average Bonchev–Trinajstić information content (AvgIpc) is 2.44. The third-order valence-electron chi connectivity index (χ3n) is 2.29. The zero-order chi connectivity index (χ0) is 10.1. The molecule has 0 saturated heterocycles. The van der Waals surface area contributed by atoms with Crippen molar-refractivity contribution in [3.63, 3.8) is 0 Å². The Balaban J connectivity index is 2.26. The average molecular weight is 190 g/mol. The summed E-state index contributed by atoms with van der Waals surface area (Å²) in [7, 11) is 0. The summed E-state index contributed by atoms with van der Waals surface area (Å²) >= 11 is 0. The molecule has 3 nitrogen and oxygen atoms in total. The number of hydrogen-bond donors (Lipinski definition) is 0. The highest BCUT2D eigenvalue weighted by Gasteiger charge is 2.32. The highest BCUT2D eigenvalue weighted by Crippen LogP contribution is 2.23. The molecule has 3 heteroatoms. The van der Waals surface area contributed by atoms with E-state index in [0.717, 1.165) is 5.56 Å². The number of benzene rings is 1. The monoisotopic (exact) mass is 190 g/mol. The van der Waals surface area contributed by atoms with Gasteiger partial charge < -0.3 is 4.74 Å². The lowest BCUT2D eigenvalue weighted by molar-refractivity contribution is -0.144. The van der Waals surface area contributed by atoms with Crippen LogP contribution >= 0.6 is 0 Å². The number of hydrogen-bond acceptors (Lipinski definition) is 3. The van der Waals surface area contributed by atoms with Crippen LogP contribution in [0, 0.1) is 0 Å². The molecule has 0 fully saturated rings. The van der Waals surface area contributed by atoms with Gasteiger partial charge in [-0.3, -0.25) is 9.59 Å². The van der Waals surface area contributed by atoms with Gasteiger partial charge in [-0.2, -0.15) is 0 Å². The fraction of sp³-hybridized carbons (Fsp3) is 0.273. The fourth-order valence-electron chi connectivity index (χ4n) is 1.70. The normalized spacial score (nSPS) is 19.2. The minimum Gasteiger partial charge on any atom is -0.454 e. The maximum absolute atomic E-state index is 11.7. The Morgan fingerprint density at radius 3 is 2.79 bits per heavy atom. The van der Waals surface area contributed by atoms with Crippen LogP contribution in [0.4, 0.5) is 0 Å². The molecule has 1 atom stereocenters. The molecule has 0 amide bonds. The molecule has 2 rings (SSSR count). The van der Waals surface area contributed by atoms with Gasteiger partial charge in [-0.1, -0.05) is 24.3 Å². The van der Waals surface area contributed by atoms with Crippen molar-refractivity contribution in [2.24, 2.45) is 0 Å². The van der Waals surface area contributed by atoms with Crippen molar-refractivity contribution in [1.82, 2.24) is 0 Å². The van der Waals surface area contributed by atoms with Crippen LogP contribution in [0.2, 0.25) is 0 Å². The molecule has 0 aliphatic heterocycles. The second kappa shape index (κ2) is 3.25. The van der Waals surface area contributed by atoms with Gasteiger partial charge in [0.05, 0.1) is 0 Å². The topological polar surface area (TPSA) is 43.4 Å².